The fourth-order valence-corrected chi connectivity index (χ4v) is 2.14. The molecule has 0 amide bonds. The average Bonchev–Trinajstić information content (AvgIpc) is 2.49. The molecule has 0 saturated carbocycles. The van der Waals surface area contributed by atoms with E-state index in [1.807, 2.05) is 20.8 Å². The zero-order chi connectivity index (χ0) is 15.2. The lowest BCUT2D eigenvalue weighted by Crippen LogP contribution is -2.06. The maximum atomic E-state index is 12.4. The van der Waals surface area contributed by atoms with Crippen LogP contribution in [0.3, 0.4) is 0 Å². The van der Waals surface area contributed by atoms with Crippen LogP contribution in [0.25, 0.3) is 0 Å². The molecule has 1 aromatic carbocycles. The summed E-state index contributed by atoms with van der Waals surface area (Å²) < 4.78 is 5.52. The van der Waals surface area contributed by atoms with E-state index >= 15 is 0 Å². The van der Waals surface area contributed by atoms with E-state index in [9.17, 15) is 4.79 Å². The van der Waals surface area contributed by atoms with Crippen molar-refractivity contribution in [3.8, 4) is 5.75 Å². The van der Waals surface area contributed by atoms with Gasteiger partial charge in [0, 0.05) is 18.2 Å². The van der Waals surface area contributed by atoms with Gasteiger partial charge >= 0.3 is 0 Å². The summed E-state index contributed by atoms with van der Waals surface area (Å²) in [5, 5.41) is 0. The van der Waals surface area contributed by atoms with Gasteiger partial charge in [-0.25, -0.2) is 0 Å². The minimum absolute atomic E-state index is 0.0677. The SMILES string of the molecule is CCCOc1cncc(C(=O)Cc2cc(C)ccc2C)c1. The van der Waals surface area contributed by atoms with Crippen LogP contribution in [0.4, 0.5) is 0 Å². The van der Waals surface area contributed by atoms with Gasteiger partial charge in [-0.1, -0.05) is 30.7 Å². The van der Waals surface area contributed by atoms with E-state index in [2.05, 4.69) is 23.2 Å². The van der Waals surface area contributed by atoms with Gasteiger partial charge in [-0.15, -0.1) is 0 Å². The van der Waals surface area contributed by atoms with Crippen LogP contribution in [-0.4, -0.2) is 17.4 Å². The Morgan fingerprint density at radius 1 is 1.19 bits per heavy atom. The highest BCUT2D eigenvalue weighted by molar-refractivity contribution is 5.97. The first-order chi connectivity index (χ1) is 10.1. The number of carbonyl (C=O) groups excluding carboxylic acids is 1. The van der Waals surface area contributed by atoms with Gasteiger partial charge in [0.1, 0.15) is 5.75 Å². The van der Waals surface area contributed by atoms with Crippen molar-refractivity contribution in [1.29, 1.82) is 0 Å². The summed E-state index contributed by atoms with van der Waals surface area (Å²) in [5.41, 5.74) is 3.98. The van der Waals surface area contributed by atoms with Crippen LogP contribution in [0.1, 0.15) is 40.4 Å². The minimum Gasteiger partial charge on any atom is -0.492 e. The monoisotopic (exact) mass is 283 g/mol. The van der Waals surface area contributed by atoms with Crippen LogP contribution in [0.5, 0.6) is 5.75 Å². The smallest absolute Gasteiger partial charge is 0.168 e. The third kappa shape index (κ3) is 4.15. The van der Waals surface area contributed by atoms with E-state index in [-0.39, 0.29) is 5.78 Å². The topological polar surface area (TPSA) is 39.2 Å². The number of rotatable bonds is 6. The highest BCUT2D eigenvalue weighted by Gasteiger charge is 2.10. The quantitative estimate of drug-likeness (QED) is 0.754. The summed E-state index contributed by atoms with van der Waals surface area (Å²) in [4.78, 5) is 16.5. The molecule has 2 rings (SSSR count). The number of aromatic nitrogens is 1. The van der Waals surface area contributed by atoms with Gasteiger partial charge in [0.2, 0.25) is 0 Å². The van der Waals surface area contributed by atoms with Crippen molar-refractivity contribution in [2.75, 3.05) is 6.61 Å². The molecule has 0 spiro atoms. The number of benzene rings is 1. The Morgan fingerprint density at radius 3 is 2.76 bits per heavy atom. The Bertz CT molecular complexity index is 635. The lowest BCUT2D eigenvalue weighted by molar-refractivity contribution is 0.0992. The summed E-state index contributed by atoms with van der Waals surface area (Å²) in [6.07, 6.45) is 4.57. The number of hydrogen-bond acceptors (Lipinski definition) is 3. The number of carbonyl (C=O) groups is 1. The van der Waals surface area contributed by atoms with E-state index in [1.165, 1.54) is 5.56 Å². The Morgan fingerprint density at radius 2 is 2.00 bits per heavy atom. The summed E-state index contributed by atoms with van der Waals surface area (Å²) in [7, 11) is 0. The molecule has 0 N–H and O–H groups in total. The van der Waals surface area contributed by atoms with Crippen molar-refractivity contribution in [3.63, 3.8) is 0 Å². The number of hydrogen-bond donors (Lipinski definition) is 0. The van der Waals surface area contributed by atoms with Gasteiger partial charge in [-0.2, -0.15) is 0 Å². The highest BCUT2D eigenvalue weighted by atomic mass is 16.5. The average molecular weight is 283 g/mol. The first-order valence-corrected chi connectivity index (χ1v) is 7.27. The molecule has 3 nitrogen and oxygen atoms in total. The molecular weight excluding hydrogens is 262 g/mol. The molecular formula is C18H21NO2. The van der Waals surface area contributed by atoms with Crippen molar-refractivity contribution in [1.82, 2.24) is 4.98 Å². The normalized spacial score (nSPS) is 10.4. The van der Waals surface area contributed by atoms with Gasteiger partial charge in [-0.05, 0) is 37.5 Å². The molecule has 0 unspecified atom stereocenters. The lowest BCUT2D eigenvalue weighted by Gasteiger charge is -2.08. The highest BCUT2D eigenvalue weighted by Crippen LogP contribution is 2.16. The second-order valence-corrected chi connectivity index (χ2v) is 5.29. The largest absolute Gasteiger partial charge is 0.492 e. The summed E-state index contributed by atoms with van der Waals surface area (Å²) in [6.45, 7) is 6.74. The molecule has 0 fully saturated rings. The molecule has 21 heavy (non-hydrogen) atoms. The molecule has 1 heterocycles. The third-order valence-corrected chi connectivity index (χ3v) is 3.36. The molecule has 0 saturated heterocycles. The first-order valence-electron chi connectivity index (χ1n) is 7.27. The third-order valence-electron chi connectivity index (χ3n) is 3.36. The second kappa shape index (κ2) is 7.02. The van der Waals surface area contributed by atoms with Crippen molar-refractivity contribution in [2.24, 2.45) is 0 Å². The molecule has 0 aliphatic heterocycles. The van der Waals surface area contributed by atoms with Crippen LogP contribution in [-0.2, 0) is 6.42 Å². The summed E-state index contributed by atoms with van der Waals surface area (Å²) in [5.74, 6) is 0.724. The Balaban J connectivity index is 2.14. The van der Waals surface area contributed by atoms with Crippen LogP contribution in [0, 0.1) is 13.8 Å². The fourth-order valence-electron chi connectivity index (χ4n) is 2.14. The Hall–Kier alpha value is -2.16. The van der Waals surface area contributed by atoms with Gasteiger partial charge in [0.15, 0.2) is 5.78 Å². The standard InChI is InChI=1S/C18H21NO2/c1-4-7-21-17-9-16(11-19-12-17)18(20)10-15-8-13(2)5-6-14(15)3/h5-6,8-9,11-12H,4,7,10H2,1-3H3. The molecule has 0 radical (unpaired) electrons. The van der Waals surface area contributed by atoms with E-state index in [1.54, 1.807) is 18.5 Å². The number of aryl methyl sites for hydroxylation is 2. The van der Waals surface area contributed by atoms with Gasteiger partial charge < -0.3 is 4.74 Å². The Kier molecular flexibility index (Phi) is 5.09. The van der Waals surface area contributed by atoms with Gasteiger partial charge in [0.25, 0.3) is 0 Å². The summed E-state index contributed by atoms with van der Waals surface area (Å²) in [6, 6.07) is 7.95. The van der Waals surface area contributed by atoms with E-state index in [0.717, 1.165) is 17.5 Å². The predicted molar refractivity (Wildman–Crippen MR) is 84.0 cm³/mol. The van der Waals surface area contributed by atoms with E-state index in [0.29, 0.717) is 24.3 Å². The van der Waals surface area contributed by atoms with Crippen LogP contribution in [0.15, 0.2) is 36.7 Å². The number of ketones is 1. The van der Waals surface area contributed by atoms with Crippen molar-refractivity contribution < 1.29 is 9.53 Å². The molecule has 0 aliphatic rings. The number of Topliss-reactive ketones (excluding diaryl/α,β-unsaturated/α-hetero) is 1. The van der Waals surface area contributed by atoms with Crippen LogP contribution >= 0.6 is 0 Å². The van der Waals surface area contributed by atoms with E-state index in [4.69, 9.17) is 4.74 Å². The molecule has 2 aromatic rings. The Labute approximate surface area is 126 Å². The minimum atomic E-state index is 0.0677. The van der Waals surface area contributed by atoms with Crippen LogP contribution < -0.4 is 4.74 Å². The van der Waals surface area contributed by atoms with Crippen LogP contribution in [0.2, 0.25) is 0 Å². The van der Waals surface area contributed by atoms with Crippen molar-refractivity contribution >= 4 is 5.78 Å². The molecule has 0 atom stereocenters. The lowest BCUT2D eigenvalue weighted by atomic mass is 9.98. The first kappa shape index (κ1) is 15.2. The fraction of sp³-hybridized carbons (Fsp3) is 0.333. The second-order valence-electron chi connectivity index (χ2n) is 5.29. The predicted octanol–water partition coefficient (Wildman–Crippen LogP) is 3.91. The molecule has 1 aromatic heterocycles. The maximum absolute atomic E-state index is 12.4. The van der Waals surface area contributed by atoms with E-state index < -0.39 is 0 Å². The maximum Gasteiger partial charge on any atom is 0.168 e. The number of pyridine rings is 1. The zero-order valence-electron chi connectivity index (χ0n) is 12.8. The molecule has 0 aliphatic carbocycles. The number of nitrogens with zero attached hydrogens (tertiary/aromatic N) is 1. The van der Waals surface area contributed by atoms with Gasteiger partial charge in [-0.3, -0.25) is 9.78 Å². The van der Waals surface area contributed by atoms with Gasteiger partial charge in [0.05, 0.1) is 12.8 Å². The molecule has 110 valence electrons. The van der Waals surface area contributed by atoms with Crippen molar-refractivity contribution in [3.05, 3.63) is 58.9 Å². The molecule has 3 heteroatoms. The zero-order valence-corrected chi connectivity index (χ0v) is 12.8. The summed E-state index contributed by atoms with van der Waals surface area (Å²) >= 11 is 0. The number of ether oxygens (including phenoxy) is 1. The molecule has 0 bridgehead atoms. The van der Waals surface area contributed by atoms with Crippen molar-refractivity contribution in [2.45, 2.75) is 33.6 Å².